The van der Waals surface area contributed by atoms with Gasteiger partial charge in [-0.2, -0.15) is 0 Å². The lowest BCUT2D eigenvalue weighted by Crippen LogP contribution is -2.47. The molecule has 2 aromatic rings. The third-order valence-electron chi connectivity index (χ3n) is 5.79. The van der Waals surface area contributed by atoms with Crippen LogP contribution >= 0.6 is 0 Å². The number of ether oxygens (including phenoxy) is 1. The molecule has 0 aromatic heterocycles. The highest BCUT2D eigenvalue weighted by Crippen LogP contribution is 2.25. The molecule has 0 bridgehead atoms. The molecule has 0 aliphatic carbocycles. The standard InChI is InChI=1S/C28H40N2O3/c1-4-6-7-8-9-14-21-26(22-23(3)33-5-2)30(25-19-15-11-16-20-25)28(32)27(31)29-24-17-12-10-13-18-24/h10-13,15-20,23,26H,4-9,14,21-22H2,1-3H3,(H,29,31). The average molecular weight is 453 g/mol. The van der Waals surface area contributed by atoms with Crippen LogP contribution in [0.5, 0.6) is 0 Å². The maximum atomic E-state index is 13.5. The summed E-state index contributed by atoms with van der Waals surface area (Å²) in [6.45, 7) is 6.86. The zero-order chi connectivity index (χ0) is 23.9. The fraction of sp³-hybridized carbons (Fsp3) is 0.500. The van der Waals surface area contributed by atoms with Crippen LogP contribution in [-0.2, 0) is 14.3 Å². The number of nitrogens with zero attached hydrogens (tertiary/aromatic N) is 1. The molecule has 33 heavy (non-hydrogen) atoms. The topological polar surface area (TPSA) is 58.6 Å². The molecule has 1 N–H and O–H groups in total. The first-order valence-corrected chi connectivity index (χ1v) is 12.4. The van der Waals surface area contributed by atoms with Crippen molar-refractivity contribution in [3.05, 3.63) is 60.7 Å². The zero-order valence-electron chi connectivity index (χ0n) is 20.5. The van der Waals surface area contributed by atoms with Crippen LogP contribution in [-0.4, -0.2) is 30.6 Å². The molecule has 2 atom stereocenters. The largest absolute Gasteiger partial charge is 0.379 e. The number of anilines is 2. The minimum absolute atomic E-state index is 0.00344. The van der Waals surface area contributed by atoms with Crippen molar-refractivity contribution in [2.45, 2.75) is 84.3 Å². The Morgan fingerprint density at radius 2 is 1.48 bits per heavy atom. The Morgan fingerprint density at radius 1 is 0.879 bits per heavy atom. The molecule has 0 spiro atoms. The van der Waals surface area contributed by atoms with Gasteiger partial charge in [-0.3, -0.25) is 9.59 Å². The van der Waals surface area contributed by atoms with E-state index in [0.29, 0.717) is 18.7 Å². The SMILES string of the molecule is CCCCCCCCC(CC(C)OCC)N(C(=O)C(=O)Nc1ccccc1)c1ccccc1. The summed E-state index contributed by atoms with van der Waals surface area (Å²) in [4.78, 5) is 28.1. The highest BCUT2D eigenvalue weighted by molar-refractivity contribution is 6.44. The summed E-state index contributed by atoms with van der Waals surface area (Å²) in [5, 5.41) is 2.75. The third-order valence-corrected chi connectivity index (χ3v) is 5.79. The van der Waals surface area contributed by atoms with Crippen LogP contribution in [0.15, 0.2) is 60.7 Å². The summed E-state index contributed by atoms with van der Waals surface area (Å²) in [5.41, 5.74) is 1.35. The van der Waals surface area contributed by atoms with Gasteiger partial charge in [0.1, 0.15) is 0 Å². The normalized spacial score (nSPS) is 12.7. The Bertz CT molecular complexity index is 810. The predicted molar refractivity (Wildman–Crippen MR) is 136 cm³/mol. The average Bonchev–Trinajstić information content (AvgIpc) is 2.82. The molecular formula is C28H40N2O3. The minimum atomic E-state index is -0.623. The number of carbonyl (C=O) groups is 2. The lowest BCUT2D eigenvalue weighted by Gasteiger charge is -2.33. The summed E-state index contributed by atoms with van der Waals surface area (Å²) >= 11 is 0. The number of para-hydroxylation sites is 2. The van der Waals surface area contributed by atoms with Crippen molar-refractivity contribution in [1.29, 1.82) is 0 Å². The molecule has 0 aliphatic rings. The predicted octanol–water partition coefficient (Wildman–Crippen LogP) is 6.59. The van der Waals surface area contributed by atoms with E-state index >= 15 is 0 Å². The molecule has 2 unspecified atom stereocenters. The summed E-state index contributed by atoms with van der Waals surface area (Å²) in [5.74, 6) is -1.16. The summed E-state index contributed by atoms with van der Waals surface area (Å²) in [6.07, 6.45) is 8.60. The summed E-state index contributed by atoms with van der Waals surface area (Å²) in [6, 6.07) is 18.5. The highest BCUT2D eigenvalue weighted by atomic mass is 16.5. The van der Waals surface area contributed by atoms with Gasteiger partial charge in [-0.05, 0) is 51.0 Å². The quantitative estimate of drug-likeness (QED) is 0.260. The maximum absolute atomic E-state index is 13.5. The Morgan fingerprint density at radius 3 is 2.12 bits per heavy atom. The van der Waals surface area contributed by atoms with Gasteiger partial charge in [-0.15, -0.1) is 0 Å². The second-order valence-corrected chi connectivity index (χ2v) is 8.54. The zero-order valence-corrected chi connectivity index (χ0v) is 20.5. The molecule has 2 rings (SSSR count). The van der Waals surface area contributed by atoms with E-state index in [1.807, 2.05) is 62.4 Å². The number of carbonyl (C=O) groups excluding carboxylic acids is 2. The van der Waals surface area contributed by atoms with E-state index < -0.39 is 11.8 Å². The molecule has 0 aliphatic heterocycles. The third kappa shape index (κ3) is 9.39. The molecular weight excluding hydrogens is 412 g/mol. The maximum Gasteiger partial charge on any atom is 0.316 e. The van der Waals surface area contributed by atoms with E-state index in [2.05, 4.69) is 12.2 Å². The monoisotopic (exact) mass is 452 g/mol. The van der Waals surface area contributed by atoms with E-state index in [1.54, 1.807) is 17.0 Å². The van der Waals surface area contributed by atoms with Gasteiger partial charge in [0, 0.05) is 24.0 Å². The van der Waals surface area contributed by atoms with E-state index in [4.69, 9.17) is 4.74 Å². The van der Waals surface area contributed by atoms with Crippen molar-refractivity contribution in [2.24, 2.45) is 0 Å². The summed E-state index contributed by atoms with van der Waals surface area (Å²) in [7, 11) is 0. The molecule has 0 saturated carbocycles. The molecule has 5 heteroatoms. The van der Waals surface area contributed by atoms with Crippen molar-refractivity contribution in [3.8, 4) is 0 Å². The molecule has 0 heterocycles. The van der Waals surface area contributed by atoms with Gasteiger partial charge in [0.2, 0.25) is 0 Å². The Balaban J connectivity index is 2.22. The van der Waals surface area contributed by atoms with E-state index in [-0.39, 0.29) is 12.1 Å². The van der Waals surface area contributed by atoms with Crippen LogP contribution in [0.2, 0.25) is 0 Å². The van der Waals surface area contributed by atoms with Gasteiger partial charge in [0.05, 0.1) is 6.10 Å². The molecule has 0 saturated heterocycles. The molecule has 0 radical (unpaired) electrons. The molecule has 2 amide bonds. The van der Waals surface area contributed by atoms with Crippen LogP contribution in [0.1, 0.15) is 72.1 Å². The Kier molecular flexibility index (Phi) is 12.3. The first-order chi connectivity index (χ1) is 16.1. The van der Waals surface area contributed by atoms with Crippen molar-refractivity contribution >= 4 is 23.2 Å². The number of benzene rings is 2. The van der Waals surface area contributed by atoms with Crippen LogP contribution in [0.4, 0.5) is 11.4 Å². The van der Waals surface area contributed by atoms with Crippen molar-refractivity contribution in [2.75, 3.05) is 16.8 Å². The van der Waals surface area contributed by atoms with Gasteiger partial charge < -0.3 is 15.0 Å². The first-order valence-electron chi connectivity index (χ1n) is 12.4. The second-order valence-electron chi connectivity index (χ2n) is 8.54. The van der Waals surface area contributed by atoms with Crippen molar-refractivity contribution in [3.63, 3.8) is 0 Å². The number of rotatable bonds is 14. The van der Waals surface area contributed by atoms with E-state index in [1.165, 1.54) is 25.7 Å². The molecule has 5 nitrogen and oxygen atoms in total. The number of amides is 2. The van der Waals surface area contributed by atoms with Gasteiger partial charge in [0.25, 0.3) is 0 Å². The van der Waals surface area contributed by atoms with Crippen LogP contribution in [0.3, 0.4) is 0 Å². The number of unbranched alkanes of at least 4 members (excludes halogenated alkanes) is 5. The lowest BCUT2D eigenvalue weighted by molar-refractivity contribution is -0.135. The van der Waals surface area contributed by atoms with Crippen molar-refractivity contribution in [1.82, 2.24) is 0 Å². The Labute approximate surface area is 199 Å². The first kappa shape index (κ1) is 26.6. The number of hydrogen-bond acceptors (Lipinski definition) is 3. The van der Waals surface area contributed by atoms with Crippen LogP contribution < -0.4 is 10.2 Å². The van der Waals surface area contributed by atoms with Crippen LogP contribution in [0, 0.1) is 0 Å². The smallest absolute Gasteiger partial charge is 0.316 e. The lowest BCUT2D eigenvalue weighted by atomic mass is 9.99. The molecule has 0 fully saturated rings. The van der Waals surface area contributed by atoms with Crippen LogP contribution in [0.25, 0.3) is 0 Å². The molecule has 180 valence electrons. The Hall–Kier alpha value is -2.66. The van der Waals surface area contributed by atoms with Crippen molar-refractivity contribution < 1.29 is 14.3 Å². The minimum Gasteiger partial charge on any atom is -0.379 e. The van der Waals surface area contributed by atoms with Gasteiger partial charge in [-0.25, -0.2) is 0 Å². The number of hydrogen-bond donors (Lipinski definition) is 1. The van der Waals surface area contributed by atoms with Gasteiger partial charge >= 0.3 is 11.8 Å². The molecule has 2 aromatic carbocycles. The van der Waals surface area contributed by atoms with E-state index in [9.17, 15) is 9.59 Å². The van der Waals surface area contributed by atoms with E-state index in [0.717, 1.165) is 24.9 Å². The fourth-order valence-electron chi connectivity index (χ4n) is 4.15. The van der Waals surface area contributed by atoms with Gasteiger partial charge in [0.15, 0.2) is 0 Å². The fourth-order valence-corrected chi connectivity index (χ4v) is 4.15. The van der Waals surface area contributed by atoms with Gasteiger partial charge in [-0.1, -0.05) is 81.8 Å². The summed E-state index contributed by atoms with van der Waals surface area (Å²) < 4.78 is 5.82. The number of nitrogens with one attached hydrogen (secondary N) is 1. The second kappa shape index (κ2) is 15.2. The highest BCUT2D eigenvalue weighted by Gasteiger charge is 2.31.